The third-order valence-electron chi connectivity index (χ3n) is 10.5. The molecule has 0 fully saturated rings. The maximum atomic E-state index is 2.46. The van der Waals surface area contributed by atoms with Crippen molar-refractivity contribution in [2.24, 2.45) is 0 Å². The summed E-state index contributed by atoms with van der Waals surface area (Å²) in [5.74, 6) is 0. The zero-order chi connectivity index (χ0) is 33.5. The first kappa shape index (κ1) is 28.4. The molecule has 3 heterocycles. The van der Waals surface area contributed by atoms with Crippen LogP contribution in [0.25, 0.3) is 97.4 Å². The monoisotopic (exact) mass is 666 g/mol. The molecule has 0 bridgehead atoms. The molecule has 0 amide bonds. The van der Waals surface area contributed by atoms with Gasteiger partial charge in [-0.15, -0.1) is 11.3 Å². The second kappa shape index (κ2) is 11.0. The molecule has 3 aromatic heterocycles. The minimum atomic E-state index is 1.15. The van der Waals surface area contributed by atoms with Crippen molar-refractivity contribution in [2.75, 3.05) is 0 Å². The molecule has 0 spiro atoms. The largest absolute Gasteiger partial charge is 0.309 e. The van der Waals surface area contributed by atoms with Crippen LogP contribution in [0.5, 0.6) is 0 Å². The van der Waals surface area contributed by atoms with Crippen molar-refractivity contribution in [1.82, 2.24) is 9.13 Å². The highest BCUT2D eigenvalue weighted by Crippen LogP contribution is 2.45. The Hall–Kier alpha value is -6.42. The summed E-state index contributed by atoms with van der Waals surface area (Å²) < 4.78 is 7.57. The molecular formula is C48H30N2S. The summed E-state index contributed by atoms with van der Waals surface area (Å²) >= 11 is 1.88. The molecule has 0 radical (unpaired) electrons. The van der Waals surface area contributed by atoms with E-state index in [1.54, 1.807) is 0 Å². The highest BCUT2D eigenvalue weighted by molar-refractivity contribution is 7.26. The van der Waals surface area contributed by atoms with Gasteiger partial charge in [-0.1, -0.05) is 121 Å². The number of rotatable bonds is 4. The predicted molar refractivity (Wildman–Crippen MR) is 219 cm³/mol. The van der Waals surface area contributed by atoms with Crippen molar-refractivity contribution in [3.05, 3.63) is 182 Å². The van der Waals surface area contributed by atoms with Crippen molar-refractivity contribution in [3.63, 3.8) is 0 Å². The van der Waals surface area contributed by atoms with E-state index in [4.69, 9.17) is 0 Å². The summed E-state index contributed by atoms with van der Waals surface area (Å²) in [6, 6.07) is 66.6. The Morgan fingerprint density at radius 3 is 1.73 bits per heavy atom. The van der Waals surface area contributed by atoms with Crippen LogP contribution in [-0.2, 0) is 0 Å². The van der Waals surface area contributed by atoms with Crippen LogP contribution in [0.4, 0.5) is 0 Å². The molecule has 0 unspecified atom stereocenters. The molecular weight excluding hydrogens is 637 g/mol. The fourth-order valence-corrected chi connectivity index (χ4v) is 9.34. The number of fused-ring (bicyclic) bond motifs is 10. The quantitative estimate of drug-likeness (QED) is 0.177. The molecule has 238 valence electrons. The molecule has 0 atom stereocenters. The van der Waals surface area contributed by atoms with Crippen LogP contribution in [-0.4, -0.2) is 9.13 Å². The van der Waals surface area contributed by atoms with Gasteiger partial charge in [0.1, 0.15) is 0 Å². The van der Waals surface area contributed by atoms with Crippen molar-refractivity contribution < 1.29 is 0 Å². The number of aromatic nitrogens is 2. The molecule has 0 aliphatic carbocycles. The molecule has 3 heteroatoms. The van der Waals surface area contributed by atoms with Gasteiger partial charge in [0, 0.05) is 53.1 Å². The Bertz CT molecular complexity index is 3110. The average molecular weight is 667 g/mol. The van der Waals surface area contributed by atoms with E-state index in [2.05, 4.69) is 191 Å². The maximum absolute atomic E-state index is 2.46. The Kier molecular flexibility index (Phi) is 6.16. The van der Waals surface area contributed by atoms with Crippen LogP contribution in [0.1, 0.15) is 0 Å². The van der Waals surface area contributed by atoms with Crippen molar-refractivity contribution in [1.29, 1.82) is 0 Å². The van der Waals surface area contributed by atoms with Gasteiger partial charge in [-0.3, -0.25) is 0 Å². The lowest BCUT2D eigenvalue weighted by atomic mass is 10.00. The van der Waals surface area contributed by atoms with Crippen LogP contribution in [0.15, 0.2) is 182 Å². The van der Waals surface area contributed by atoms with Gasteiger partial charge in [0.2, 0.25) is 0 Å². The predicted octanol–water partition coefficient (Wildman–Crippen LogP) is 13.6. The molecule has 8 aromatic carbocycles. The van der Waals surface area contributed by atoms with Crippen molar-refractivity contribution in [2.45, 2.75) is 0 Å². The number of hydrogen-bond donors (Lipinski definition) is 0. The first-order valence-electron chi connectivity index (χ1n) is 17.4. The summed E-state index contributed by atoms with van der Waals surface area (Å²) in [5.41, 5.74) is 12.0. The van der Waals surface area contributed by atoms with Crippen LogP contribution >= 0.6 is 11.3 Å². The fourth-order valence-electron chi connectivity index (χ4n) is 8.23. The Labute approximate surface area is 298 Å². The highest BCUT2D eigenvalue weighted by atomic mass is 32.1. The van der Waals surface area contributed by atoms with E-state index in [1.165, 1.54) is 91.7 Å². The zero-order valence-corrected chi connectivity index (χ0v) is 28.4. The normalized spacial score (nSPS) is 11.9. The first-order chi connectivity index (χ1) is 25.3. The summed E-state index contributed by atoms with van der Waals surface area (Å²) in [4.78, 5) is 0. The van der Waals surface area contributed by atoms with Gasteiger partial charge in [0.15, 0.2) is 0 Å². The third kappa shape index (κ3) is 4.29. The lowest BCUT2D eigenvalue weighted by Gasteiger charge is -2.12. The van der Waals surface area contributed by atoms with E-state index in [9.17, 15) is 0 Å². The standard InChI is InChI=1S/C48H30N2S/c1-3-12-31(13-4-1)32-22-24-33(25-23-32)34-14-11-17-36(28-34)50-41-20-9-7-18-37(41)39-29-40-44(30-43(39)50)49(35-15-5-2-6-16-35)42-26-27-46-48(47(40)42)38-19-8-10-21-45(38)51-46/h1-30H. The number of thiophene rings is 1. The smallest absolute Gasteiger partial charge is 0.0562 e. The summed E-state index contributed by atoms with van der Waals surface area (Å²) in [6.45, 7) is 0. The lowest BCUT2D eigenvalue weighted by molar-refractivity contribution is 1.17. The third-order valence-corrected chi connectivity index (χ3v) is 11.6. The summed E-state index contributed by atoms with van der Waals surface area (Å²) in [6.07, 6.45) is 0. The average Bonchev–Trinajstić information content (AvgIpc) is 3.85. The van der Waals surface area contributed by atoms with Gasteiger partial charge in [-0.2, -0.15) is 0 Å². The Morgan fingerprint density at radius 1 is 0.294 bits per heavy atom. The highest BCUT2D eigenvalue weighted by Gasteiger charge is 2.21. The topological polar surface area (TPSA) is 9.86 Å². The second-order valence-corrected chi connectivity index (χ2v) is 14.4. The summed E-state index contributed by atoms with van der Waals surface area (Å²) in [7, 11) is 0. The van der Waals surface area contributed by atoms with Crippen molar-refractivity contribution in [3.8, 4) is 33.6 Å². The van der Waals surface area contributed by atoms with E-state index in [-0.39, 0.29) is 0 Å². The van der Waals surface area contributed by atoms with Gasteiger partial charge in [0.25, 0.3) is 0 Å². The number of nitrogens with zero attached hydrogens (tertiary/aromatic N) is 2. The first-order valence-corrected chi connectivity index (χ1v) is 18.3. The van der Waals surface area contributed by atoms with E-state index in [0.717, 1.165) is 5.69 Å². The minimum Gasteiger partial charge on any atom is -0.309 e. The Balaban J connectivity index is 1.19. The molecule has 0 saturated carbocycles. The lowest BCUT2D eigenvalue weighted by Crippen LogP contribution is -1.96. The minimum absolute atomic E-state index is 1.15. The number of benzene rings is 8. The number of hydrogen-bond acceptors (Lipinski definition) is 1. The van der Waals surface area contributed by atoms with E-state index in [0.29, 0.717) is 0 Å². The molecule has 0 aliphatic rings. The van der Waals surface area contributed by atoms with Gasteiger partial charge >= 0.3 is 0 Å². The zero-order valence-electron chi connectivity index (χ0n) is 27.6. The van der Waals surface area contributed by atoms with Crippen LogP contribution in [0, 0.1) is 0 Å². The van der Waals surface area contributed by atoms with E-state index < -0.39 is 0 Å². The molecule has 51 heavy (non-hydrogen) atoms. The molecule has 0 N–H and O–H groups in total. The van der Waals surface area contributed by atoms with E-state index in [1.807, 2.05) is 11.3 Å². The van der Waals surface area contributed by atoms with Crippen LogP contribution in [0.3, 0.4) is 0 Å². The molecule has 0 aliphatic heterocycles. The van der Waals surface area contributed by atoms with Gasteiger partial charge in [-0.25, -0.2) is 0 Å². The fraction of sp³-hybridized carbons (Fsp3) is 0. The molecule has 11 aromatic rings. The Morgan fingerprint density at radius 2 is 0.902 bits per heavy atom. The molecule has 11 rings (SSSR count). The summed E-state index contributed by atoms with van der Waals surface area (Å²) in [5, 5.41) is 7.80. The molecule has 2 nitrogen and oxygen atoms in total. The maximum Gasteiger partial charge on any atom is 0.0562 e. The van der Waals surface area contributed by atoms with Crippen LogP contribution in [0.2, 0.25) is 0 Å². The second-order valence-electron chi connectivity index (χ2n) is 13.3. The van der Waals surface area contributed by atoms with E-state index >= 15 is 0 Å². The van der Waals surface area contributed by atoms with Gasteiger partial charge in [-0.05, 0) is 82.9 Å². The number of para-hydroxylation sites is 2. The van der Waals surface area contributed by atoms with Crippen molar-refractivity contribution >= 4 is 75.1 Å². The van der Waals surface area contributed by atoms with Gasteiger partial charge in [0.05, 0.1) is 22.1 Å². The van der Waals surface area contributed by atoms with Gasteiger partial charge < -0.3 is 9.13 Å². The molecule has 0 saturated heterocycles. The van der Waals surface area contributed by atoms with Crippen LogP contribution < -0.4 is 0 Å². The SMILES string of the molecule is c1ccc(-c2ccc(-c3cccc(-n4c5ccccc5c5cc6c7c8c(ccc7n(-c7ccccc7)c6cc54)sc4ccccc48)c3)cc2)cc1.